The second kappa shape index (κ2) is 7.24. The number of hydrogen-bond acceptors (Lipinski definition) is 4. The van der Waals surface area contributed by atoms with Crippen molar-refractivity contribution in [3.05, 3.63) is 36.9 Å². The molecule has 2 heterocycles. The van der Waals surface area contributed by atoms with Crippen LogP contribution in [0.4, 0.5) is 5.69 Å². The van der Waals surface area contributed by atoms with Gasteiger partial charge in [0.25, 0.3) is 0 Å². The number of benzene rings is 1. The molecule has 2 aromatic rings. The molecule has 1 aliphatic heterocycles. The molecule has 3 rings (SSSR count). The highest BCUT2D eigenvalue weighted by atomic mass is 35.5. The van der Waals surface area contributed by atoms with Crippen molar-refractivity contribution < 1.29 is 9.21 Å². The second-order valence-corrected chi connectivity index (χ2v) is 4.99. The average molecular weight is 308 g/mol. The van der Waals surface area contributed by atoms with Gasteiger partial charge in [0.2, 0.25) is 5.91 Å². The largest absolute Gasteiger partial charge is 0.444 e. The zero-order valence-corrected chi connectivity index (χ0v) is 12.4. The first-order chi connectivity index (χ1) is 9.81. The molecule has 21 heavy (non-hydrogen) atoms. The third-order valence-electron chi connectivity index (χ3n) is 3.46. The van der Waals surface area contributed by atoms with Crippen molar-refractivity contribution in [3.8, 4) is 11.3 Å². The fourth-order valence-electron chi connectivity index (χ4n) is 2.48. The molecule has 112 valence electrons. The summed E-state index contributed by atoms with van der Waals surface area (Å²) in [4.78, 5) is 15.9. The van der Waals surface area contributed by atoms with Crippen LogP contribution in [0.1, 0.15) is 19.3 Å². The maximum absolute atomic E-state index is 12.0. The lowest BCUT2D eigenvalue weighted by molar-refractivity contribution is -0.116. The summed E-state index contributed by atoms with van der Waals surface area (Å²) in [5.41, 5.74) is 1.68. The van der Waals surface area contributed by atoms with E-state index in [1.54, 1.807) is 6.20 Å². The van der Waals surface area contributed by atoms with Gasteiger partial charge in [-0.1, -0.05) is 12.1 Å². The van der Waals surface area contributed by atoms with Crippen LogP contribution in [0.2, 0.25) is 0 Å². The molecule has 0 bridgehead atoms. The van der Waals surface area contributed by atoms with Crippen molar-refractivity contribution in [3.63, 3.8) is 0 Å². The van der Waals surface area contributed by atoms with E-state index in [1.807, 2.05) is 24.3 Å². The Morgan fingerprint density at radius 2 is 2.38 bits per heavy atom. The van der Waals surface area contributed by atoms with E-state index in [1.165, 1.54) is 6.39 Å². The lowest BCUT2D eigenvalue weighted by Gasteiger charge is -2.10. The number of aromatic nitrogens is 1. The van der Waals surface area contributed by atoms with Gasteiger partial charge in [-0.05, 0) is 31.5 Å². The zero-order chi connectivity index (χ0) is 13.8. The first-order valence-corrected chi connectivity index (χ1v) is 6.83. The van der Waals surface area contributed by atoms with Gasteiger partial charge in [-0.15, -0.1) is 12.4 Å². The normalized spacial score (nSPS) is 17.2. The van der Waals surface area contributed by atoms with Crippen molar-refractivity contribution in [1.29, 1.82) is 0 Å². The average Bonchev–Trinajstić information content (AvgIpc) is 3.11. The minimum Gasteiger partial charge on any atom is -0.444 e. The van der Waals surface area contributed by atoms with Crippen LogP contribution in [-0.2, 0) is 4.79 Å². The Balaban J connectivity index is 0.00000161. The summed E-state index contributed by atoms with van der Waals surface area (Å²) < 4.78 is 5.25. The van der Waals surface area contributed by atoms with Crippen molar-refractivity contribution in [2.75, 3.05) is 11.9 Å². The number of hydrogen-bond donors (Lipinski definition) is 2. The minimum atomic E-state index is 0. The fraction of sp³-hybridized carbons (Fsp3) is 0.333. The van der Waals surface area contributed by atoms with Crippen LogP contribution in [0.25, 0.3) is 11.3 Å². The molecule has 0 spiro atoms. The van der Waals surface area contributed by atoms with Gasteiger partial charge >= 0.3 is 0 Å². The number of amides is 1. The van der Waals surface area contributed by atoms with Crippen LogP contribution in [0, 0.1) is 0 Å². The third-order valence-corrected chi connectivity index (χ3v) is 3.46. The Bertz CT molecular complexity index is 580. The van der Waals surface area contributed by atoms with E-state index in [9.17, 15) is 4.79 Å². The summed E-state index contributed by atoms with van der Waals surface area (Å²) in [6.07, 6.45) is 5.80. The topological polar surface area (TPSA) is 67.2 Å². The van der Waals surface area contributed by atoms with E-state index in [0.717, 1.165) is 30.6 Å². The molecule has 0 aliphatic carbocycles. The molecule has 5 nitrogen and oxygen atoms in total. The molecule has 0 radical (unpaired) electrons. The van der Waals surface area contributed by atoms with Gasteiger partial charge < -0.3 is 15.1 Å². The number of carbonyl (C=O) groups is 1. The first kappa shape index (κ1) is 15.5. The number of rotatable bonds is 4. The van der Waals surface area contributed by atoms with Gasteiger partial charge in [0.1, 0.15) is 0 Å². The minimum absolute atomic E-state index is 0. The molecule has 0 saturated carbocycles. The SMILES string of the molecule is Cl.O=C(CC1CCCN1)Nc1cccc(-c2cnco2)c1. The third kappa shape index (κ3) is 4.06. The summed E-state index contributed by atoms with van der Waals surface area (Å²) in [7, 11) is 0. The summed E-state index contributed by atoms with van der Waals surface area (Å²) in [6.45, 7) is 1.01. The molecular weight excluding hydrogens is 290 g/mol. The molecule has 6 heteroatoms. The maximum atomic E-state index is 12.0. The molecule has 1 amide bonds. The molecule has 1 aliphatic rings. The van der Waals surface area contributed by atoms with Crippen molar-refractivity contribution in [2.45, 2.75) is 25.3 Å². The monoisotopic (exact) mass is 307 g/mol. The fourth-order valence-corrected chi connectivity index (χ4v) is 2.48. The molecule has 1 atom stereocenters. The Hall–Kier alpha value is -1.85. The predicted octanol–water partition coefficient (Wildman–Crippen LogP) is 2.84. The summed E-state index contributed by atoms with van der Waals surface area (Å²) in [5, 5.41) is 6.25. The van der Waals surface area contributed by atoms with Crippen molar-refractivity contribution in [2.24, 2.45) is 0 Å². The van der Waals surface area contributed by atoms with Crippen molar-refractivity contribution in [1.82, 2.24) is 10.3 Å². The molecular formula is C15H18ClN3O2. The van der Waals surface area contributed by atoms with Gasteiger partial charge in [0.15, 0.2) is 12.2 Å². The highest BCUT2D eigenvalue weighted by molar-refractivity contribution is 5.91. The quantitative estimate of drug-likeness (QED) is 0.911. The van der Waals surface area contributed by atoms with Gasteiger partial charge in [0, 0.05) is 23.7 Å². The van der Waals surface area contributed by atoms with E-state index in [-0.39, 0.29) is 18.3 Å². The van der Waals surface area contributed by atoms with Crippen molar-refractivity contribution >= 4 is 24.0 Å². The summed E-state index contributed by atoms with van der Waals surface area (Å²) in [6, 6.07) is 7.89. The van der Waals surface area contributed by atoms with E-state index in [0.29, 0.717) is 18.2 Å². The summed E-state index contributed by atoms with van der Waals surface area (Å²) in [5.74, 6) is 0.734. The van der Waals surface area contributed by atoms with Crippen LogP contribution in [0.3, 0.4) is 0 Å². The smallest absolute Gasteiger partial charge is 0.225 e. The first-order valence-electron chi connectivity index (χ1n) is 6.83. The van der Waals surface area contributed by atoms with Gasteiger partial charge in [0.05, 0.1) is 6.20 Å². The van der Waals surface area contributed by atoms with Crippen LogP contribution in [0.15, 0.2) is 41.3 Å². The predicted molar refractivity (Wildman–Crippen MR) is 83.5 cm³/mol. The highest BCUT2D eigenvalue weighted by Crippen LogP contribution is 2.22. The number of halogens is 1. The Labute approximate surface area is 129 Å². The molecule has 1 fully saturated rings. The zero-order valence-electron chi connectivity index (χ0n) is 11.5. The Morgan fingerprint density at radius 1 is 1.48 bits per heavy atom. The van der Waals surface area contributed by atoms with Crippen LogP contribution < -0.4 is 10.6 Å². The van der Waals surface area contributed by atoms with Gasteiger partial charge in [-0.2, -0.15) is 0 Å². The molecule has 1 aromatic heterocycles. The van der Waals surface area contributed by atoms with Crippen LogP contribution in [-0.4, -0.2) is 23.5 Å². The number of oxazole rings is 1. The lowest BCUT2D eigenvalue weighted by Crippen LogP contribution is -2.27. The number of anilines is 1. The summed E-state index contributed by atoms with van der Waals surface area (Å²) >= 11 is 0. The Morgan fingerprint density at radius 3 is 3.10 bits per heavy atom. The van der Waals surface area contributed by atoms with E-state index < -0.39 is 0 Å². The highest BCUT2D eigenvalue weighted by Gasteiger charge is 2.17. The van der Waals surface area contributed by atoms with Crippen LogP contribution >= 0.6 is 12.4 Å². The Kier molecular flexibility index (Phi) is 5.36. The number of nitrogens with zero attached hydrogens (tertiary/aromatic N) is 1. The van der Waals surface area contributed by atoms with Gasteiger partial charge in [-0.3, -0.25) is 4.79 Å². The van der Waals surface area contributed by atoms with Gasteiger partial charge in [-0.25, -0.2) is 4.98 Å². The van der Waals surface area contributed by atoms with E-state index >= 15 is 0 Å². The van der Waals surface area contributed by atoms with Crippen LogP contribution in [0.5, 0.6) is 0 Å². The van der Waals surface area contributed by atoms with E-state index in [4.69, 9.17) is 4.42 Å². The maximum Gasteiger partial charge on any atom is 0.225 e. The number of carbonyl (C=O) groups excluding carboxylic acids is 1. The standard InChI is InChI=1S/C15H17N3O2.ClH/c19-15(8-12-5-2-6-17-12)18-13-4-1-3-11(7-13)14-9-16-10-20-14;/h1,3-4,7,9-10,12,17H,2,5-6,8H2,(H,18,19);1H. The molecule has 1 unspecified atom stereocenters. The lowest BCUT2D eigenvalue weighted by atomic mass is 10.1. The molecule has 2 N–H and O–H groups in total. The molecule has 1 saturated heterocycles. The number of nitrogens with one attached hydrogen (secondary N) is 2. The molecule has 1 aromatic carbocycles. The van der Waals surface area contributed by atoms with E-state index in [2.05, 4.69) is 15.6 Å². The second-order valence-electron chi connectivity index (χ2n) is 4.99.